The number of morpholine rings is 1. The summed E-state index contributed by atoms with van der Waals surface area (Å²) < 4.78 is 7.55. The van der Waals surface area contributed by atoms with E-state index in [1.807, 2.05) is 11.0 Å². The average Bonchev–Trinajstić information content (AvgIpc) is 3.27. The van der Waals surface area contributed by atoms with Gasteiger partial charge in [0.2, 0.25) is 0 Å². The molecule has 1 amide bonds. The molecule has 2 aromatic heterocycles. The van der Waals surface area contributed by atoms with Crippen molar-refractivity contribution in [3.63, 3.8) is 0 Å². The molecular weight excluding hydrogens is 386 g/mol. The van der Waals surface area contributed by atoms with Gasteiger partial charge in [-0.15, -0.1) is 0 Å². The van der Waals surface area contributed by atoms with Gasteiger partial charge in [0.1, 0.15) is 6.33 Å². The van der Waals surface area contributed by atoms with Gasteiger partial charge in [0.05, 0.1) is 25.3 Å². The van der Waals surface area contributed by atoms with E-state index in [9.17, 15) is 4.79 Å². The van der Waals surface area contributed by atoms with Crippen LogP contribution in [-0.2, 0) is 9.53 Å². The van der Waals surface area contributed by atoms with Crippen molar-refractivity contribution in [1.82, 2.24) is 24.4 Å². The number of carboxylic acid groups (broad SMARTS) is 1. The summed E-state index contributed by atoms with van der Waals surface area (Å²) in [6.45, 7) is 3.37. The number of ether oxygens (including phenoxy) is 1. The third-order valence-corrected chi connectivity index (χ3v) is 5.51. The van der Waals surface area contributed by atoms with Crippen molar-refractivity contribution in [1.29, 1.82) is 0 Å². The third kappa shape index (κ3) is 4.03. The highest BCUT2D eigenvalue weighted by atomic mass is 16.5. The second-order valence-corrected chi connectivity index (χ2v) is 7.19. The van der Waals surface area contributed by atoms with Crippen molar-refractivity contribution in [2.24, 2.45) is 0 Å². The Hall–Kier alpha value is -3.30. The minimum atomic E-state index is -0.250. The van der Waals surface area contributed by atoms with E-state index in [0.717, 1.165) is 13.1 Å². The summed E-state index contributed by atoms with van der Waals surface area (Å²) in [6, 6.07) is 14.6. The van der Waals surface area contributed by atoms with Gasteiger partial charge in [-0.1, -0.05) is 30.3 Å². The Bertz CT molecular complexity index is 1010. The van der Waals surface area contributed by atoms with E-state index in [0.29, 0.717) is 31.0 Å². The summed E-state index contributed by atoms with van der Waals surface area (Å²) >= 11 is 0. The summed E-state index contributed by atoms with van der Waals surface area (Å²) in [6.07, 6.45) is 3.27. The lowest BCUT2D eigenvalue weighted by atomic mass is 10.00. The first-order valence-corrected chi connectivity index (χ1v) is 9.76. The number of benzene rings is 1. The van der Waals surface area contributed by atoms with E-state index in [1.165, 1.54) is 11.9 Å². The highest BCUT2D eigenvalue weighted by Crippen LogP contribution is 2.30. The SMILES string of the molecule is O=C(c1ccn2ncnc2c1)N1CCN2[C@@H](COC[C@@H]2c2ccccc2)C1.O=CO. The fraction of sp³-hybridized carbons (Fsp3) is 0.333. The van der Waals surface area contributed by atoms with E-state index in [-0.39, 0.29) is 24.5 Å². The number of amides is 1. The van der Waals surface area contributed by atoms with Gasteiger partial charge in [0.15, 0.2) is 5.65 Å². The molecule has 0 spiro atoms. The molecule has 9 nitrogen and oxygen atoms in total. The van der Waals surface area contributed by atoms with Gasteiger partial charge in [-0.2, -0.15) is 5.10 Å². The molecule has 2 saturated heterocycles. The van der Waals surface area contributed by atoms with Crippen LogP contribution in [0.3, 0.4) is 0 Å². The molecule has 9 heteroatoms. The number of fused-ring (bicyclic) bond motifs is 2. The van der Waals surface area contributed by atoms with Gasteiger partial charge in [-0.3, -0.25) is 14.5 Å². The van der Waals surface area contributed by atoms with Crippen LogP contribution >= 0.6 is 0 Å². The van der Waals surface area contributed by atoms with Crippen LogP contribution in [0.4, 0.5) is 0 Å². The number of carbonyl (C=O) groups excluding carboxylic acids is 1. The van der Waals surface area contributed by atoms with Gasteiger partial charge >= 0.3 is 0 Å². The Balaban J connectivity index is 0.000000687. The van der Waals surface area contributed by atoms with E-state index >= 15 is 0 Å². The molecule has 4 heterocycles. The highest BCUT2D eigenvalue weighted by molar-refractivity contribution is 5.95. The predicted molar refractivity (Wildman–Crippen MR) is 108 cm³/mol. The van der Waals surface area contributed by atoms with Gasteiger partial charge in [0.25, 0.3) is 12.4 Å². The third-order valence-electron chi connectivity index (χ3n) is 5.51. The number of aromatic nitrogens is 3. The highest BCUT2D eigenvalue weighted by Gasteiger charge is 2.37. The normalized spacial score (nSPS) is 21.4. The molecule has 1 N–H and O–H groups in total. The first-order valence-electron chi connectivity index (χ1n) is 9.76. The summed E-state index contributed by atoms with van der Waals surface area (Å²) in [4.78, 5) is 30.0. The minimum absolute atomic E-state index is 0.0435. The van der Waals surface area contributed by atoms with Crippen LogP contribution in [0.1, 0.15) is 22.0 Å². The topological polar surface area (TPSA) is 100 Å². The molecule has 5 rings (SSSR count). The number of hydrogen-bond acceptors (Lipinski definition) is 6. The lowest BCUT2D eigenvalue weighted by Gasteiger charge is -2.48. The van der Waals surface area contributed by atoms with Gasteiger partial charge in [0, 0.05) is 31.4 Å². The zero-order chi connectivity index (χ0) is 20.9. The van der Waals surface area contributed by atoms with Crippen molar-refractivity contribution in [2.45, 2.75) is 12.1 Å². The minimum Gasteiger partial charge on any atom is -0.483 e. The van der Waals surface area contributed by atoms with Crippen molar-refractivity contribution in [3.8, 4) is 0 Å². The number of hydrogen-bond donors (Lipinski definition) is 1. The Labute approximate surface area is 173 Å². The number of rotatable bonds is 2. The predicted octanol–water partition coefficient (Wildman–Crippen LogP) is 1.33. The van der Waals surface area contributed by atoms with E-state index in [1.54, 1.807) is 22.8 Å². The summed E-state index contributed by atoms with van der Waals surface area (Å²) in [5, 5.41) is 11.0. The standard InChI is InChI=1S/C20H21N5O2.CH2O2/c26-20(16-6-7-25-19(10-16)21-14-22-25)23-8-9-24-17(11-23)12-27-13-18(24)15-4-2-1-3-5-15;2-1-3/h1-7,10,14,17-18H,8-9,11-13H2;1H,(H,2,3)/t17-,18-;/m1./s1. The zero-order valence-electron chi connectivity index (χ0n) is 16.4. The lowest BCUT2D eigenvalue weighted by Crippen LogP contribution is -2.60. The molecule has 3 aromatic rings. The van der Waals surface area contributed by atoms with Crippen molar-refractivity contribution in [2.75, 3.05) is 32.8 Å². The molecule has 1 aromatic carbocycles. The molecule has 156 valence electrons. The van der Waals surface area contributed by atoms with Crippen LogP contribution in [0.25, 0.3) is 5.65 Å². The summed E-state index contributed by atoms with van der Waals surface area (Å²) in [5.41, 5.74) is 2.61. The Kier molecular flexibility index (Phi) is 6.01. The maximum absolute atomic E-state index is 13.0. The molecule has 30 heavy (non-hydrogen) atoms. The maximum Gasteiger partial charge on any atom is 0.290 e. The quantitative estimate of drug-likeness (QED) is 0.637. The number of nitrogens with zero attached hydrogens (tertiary/aromatic N) is 5. The molecule has 0 aliphatic carbocycles. The number of piperazine rings is 1. The summed E-state index contributed by atoms with van der Waals surface area (Å²) in [7, 11) is 0. The Morgan fingerprint density at radius 2 is 1.97 bits per heavy atom. The average molecular weight is 409 g/mol. The monoisotopic (exact) mass is 409 g/mol. The molecule has 0 radical (unpaired) electrons. The summed E-state index contributed by atoms with van der Waals surface area (Å²) in [5.74, 6) is 0.0435. The van der Waals surface area contributed by atoms with Crippen LogP contribution in [0.5, 0.6) is 0 Å². The smallest absolute Gasteiger partial charge is 0.290 e. The Morgan fingerprint density at radius 1 is 1.17 bits per heavy atom. The number of carbonyl (C=O) groups is 2. The van der Waals surface area contributed by atoms with E-state index < -0.39 is 0 Å². The largest absolute Gasteiger partial charge is 0.483 e. The van der Waals surface area contributed by atoms with Crippen molar-refractivity contribution >= 4 is 18.0 Å². The maximum atomic E-state index is 13.0. The Morgan fingerprint density at radius 3 is 2.77 bits per heavy atom. The van der Waals surface area contributed by atoms with Crippen LogP contribution in [-0.4, -0.2) is 80.8 Å². The van der Waals surface area contributed by atoms with E-state index in [2.05, 4.69) is 39.2 Å². The second kappa shape index (κ2) is 9.02. The molecule has 0 bridgehead atoms. The van der Waals surface area contributed by atoms with Crippen LogP contribution < -0.4 is 0 Å². The first-order chi connectivity index (χ1) is 14.7. The first kappa shape index (κ1) is 20.0. The molecule has 0 unspecified atom stereocenters. The molecule has 2 atom stereocenters. The zero-order valence-corrected chi connectivity index (χ0v) is 16.4. The van der Waals surface area contributed by atoms with Crippen LogP contribution in [0, 0.1) is 0 Å². The van der Waals surface area contributed by atoms with Gasteiger partial charge in [-0.25, -0.2) is 9.50 Å². The van der Waals surface area contributed by atoms with Crippen molar-refractivity contribution in [3.05, 3.63) is 66.1 Å². The van der Waals surface area contributed by atoms with E-state index in [4.69, 9.17) is 14.6 Å². The molecule has 2 aliphatic rings. The van der Waals surface area contributed by atoms with Crippen LogP contribution in [0.2, 0.25) is 0 Å². The van der Waals surface area contributed by atoms with Gasteiger partial charge < -0.3 is 14.7 Å². The molecule has 2 fully saturated rings. The fourth-order valence-electron chi connectivity index (χ4n) is 4.12. The molecule has 2 aliphatic heterocycles. The number of pyridine rings is 1. The fourth-order valence-corrected chi connectivity index (χ4v) is 4.12. The lowest BCUT2D eigenvalue weighted by molar-refractivity contribution is -0.122. The molecule has 0 saturated carbocycles. The van der Waals surface area contributed by atoms with Crippen molar-refractivity contribution < 1.29 is 19.4 Å². The van der Waals surface area contributed by atoms with Gasteiger partial charge in [-0.05, 0) is 17.7 Å². The van der Waals surface area contributed by atoms with Crippen LogP contribution in [0.15, 0.2) is 55.0 Å². The second-order valence-electron chi connectivity index (χ2n) is 7.19. The molecular formula is C21H23N5O4.